The molecule has 1 aromatic carbocycles. The summed E-state index contributed by atoms with van der Waals surface area (Å²) in [6.45, 7) is 1.48. The van der Waals surface area contributed by atoms with Gasteiger partial charge in [-0.25, -0.2) is 4.98 Å². The number of fused-ring (bicyclic) bond motifs is 1. The third kappa shape index (κ3) is 3.53. The first-order chi connectivity index (χ1) is 11.8. The summed E-state index contributed by atoms with van der Waals surface area (Å²) in [5.74, 6) is 0.0113. The van der Waals surface area contributed by atoms with Crippen molar-refractivity contribution in [3.8, 4) is 0 Å². The summed E-state index contributed by atoms with van der Waals surface area (Å²) in [7, 11) is 1.55. The second-order valence-electron chi connectivity index (χ2n) is 6.43. The van der Waals surface area contributed by atoms with Crippen LogP contribution in [0.1, 0.15) is 5.56 Å². The first-order valence-electron chi connectivity index (χ1n) is 8.14. The number of hydrogen-bond acceptors (Lipinski definition) is 4. The number of hydrogen-bond donors (Lipinski definition) is 0. The monoisotopic (exact) mass is 365 g/mol. The second-order valence-corrected chi connectivity index (χ2v) is 8.57. The van der Waals surface area contributed by atoms with E-state index < -0.39 is 10.2 Å². The Bertz CT molecular complexity index is 882. The highest BCUT2D eigenvalue weighted by atomic mass is 32.2. The van der Waals surface area contributed by atoms with E-state index in [-0.39, 0.29) is 5.91 Å². The molecule has 2 heterocycles. The van der Waals surface area contributed by atoms with Crippen molar-refractivity contribution >= 4 is 27.1 Å². The van der Waals surface area contributed by atoms with Gasteiger partial charge in [0.2, 0.25) is 5.91 Å². The number of rotatable bonds is 4. The zero-order valence-electron chi connectivity index (χ0n) is 14.7. The molecule has 2 aromatic rings. The molecule has 25 heavy (non-hydrogen) atoms. The van der Waals surface area contributed by atoms with E-state index in [2.05, 4.69) is 4.98 Å². The fourth-order valence-corrected chi connectivity index (χ4v) is 4.06. The predicted molar refractivity (Wildman–Crippen MR) is 95.2 cm³/mol. The lowest BCUT2D eigenvalue weighted by atomic mass is 10.1. The maximum atomic E-state index is 12.5. The molecule has 0 aliphatic carbocycles. The Labute approximate surface area is 147 Å². The van der Waals surface area contributed by atoms with Crippen molar-refractivity contribution in [2.75, 3.05) is 40.3 Å². The number of carbonyl (C=O) groups excluding carboxylic acids is 1. The van der Waals surface area contributed by atoms with Crippen LogP contribution in [0.3, 0.4) is 0 Å². The maximum absolute atomic E-state index is 12.5. The normalized spacial score (nSPS) is 16.7. The SMILES string of the molecule is CN(C)S(=O)(=O)N1CCN(C(=O)Cc2ccc3c(c2)ncn3C)CC1. The van der Waals surface area contributed by atoms with Crippen molar-refractivity contribution in [1.82, 2.24) is 23.1 Å². The summed E-state index contributed by atoms with van der Waals surface area (Å²) >= 11 is 0. The van der Waals surface area contributed by atoms with E-state index in [0.717, 1.165) is 16.6 Å². The van der Waals surface area contributed by atoms with Crippen molar-refractivity contribution in [2.24, 2.45) is 7.05 Å². The molecule has 9 heteroatoms. The van der Waals surface area contributed by atoms with Gasteiger partial charge in [-0.2, -0.15) is 17.0 Å². The number of imidazole rings is 1. The molecular formula is C16H23N5O3S. The van der Waals surface area contributed by atoms with Crippen LogP contribution in [0.25, 0.3) is 11.0 Å². The summed E-state index contributed by atoms with van der Waals surface area (Å²) in [5, 5.41) is 0. The van der Waals surface area contributed by atoms with E-state index >= 15 is 0 Å². The van der Waals surface area contributed by atoms with Gasteiger partial charge in [0.05, 0.1) is 23.8 Å². The third-order valence-electron chi connectivity index (χ3n) is 4.52. The highest BCUT2D eigenvalue weighted by molar-refractivity contribution is 7.86. The van der Waals surface area contributed by atoms with Gasteiger partial charge in [0.15, 0.2) is 0 Å². The summed E-state index contributed by atoms with van der Waals surface area (Å²) < 4.78 is 28.8. The largest absolute Gasteiger partial charge is 0.340 e. The van der Waals surface area contributed by atoms with Crippen molar-refractivity contribution in [2.45, 2.75) is 6.42 Å². The molecule has 0 N–H and O–H groups in total. The summed E-state index contributed by atoms with van der Waals surface area (Å²) in [5.41, 5.74) is 2.81. The van der Waals surface area contributed by atoms with Crippen molar-refractivity contribution in [3.05, 3.63) is 30.1 Å². The molecule has 1 saturated heterocycles. The van der Waals surface area contributed by atoms with Crippen LogP contribution in [0.15, 0.2) is 24.5 Å². The van der Waals surface area contributed by atoms with Crippen LogP contribution in [-0.2, 0) is 28.5 Å². The van der Waals surface area contributed by atoms with Gasteiger partial charge in [0.1, 0.15) is 0 Å². The van der Waals surface area contributed by atoms with Crippen LogP contribution in [0.4, 0.5) is 0 Å². The lowest BCUT2D eigenvalue weighted by Gasteiger charge is -2.35. The number of carbonyl (C=O) groups is 1. The molecule has 8 nitrogen and oxygen atoms in total. The minimum Gasteiger partial charge on any atom is -0.340 e. The average molecular weight is 365 g/mol. The van der Waals surface area contributed by atoms with Gasteiger partial charge in [-0.3, -0.25) is 4.79 Å². The van der Waals surface area contributed by atoms with Crippen LogP contribution >= 0.6 is 0 Å². The van der Waals surface area contributed by atoms with Crippen LogP contribution < -0.4 is 0 Å². The quantitative estimate of drug-likeness (QED) is 0.768. The second kappa shape index (κ2) is 6.74. The lowest BCUT2D eigenvalue weighted by Crippen LogP contribution is -2.53. The number of aromatic nitrogens is 2. The smallest absolute Gasteiger partial charge is 0.281 e. The molecule has 0 spiro atoms. The number of aryl methyl sites for hydroxylation is 1. The molecule has 1 aliphatic heterocycles. The highest BCUT2D eigenvalue weighted by Gasteiger charge is 2.30. The van der Waals surface area contributed by atoms with E-state index in [1.54, 1.807) is 11.2 Å². The fourth-order valence-electron chi connectivity index (χ4n) is 2.98. The van der Waals surface area contributed by atoms with Gasteiger partial charge in [-0.05, 0) is 17.7 Å². The third-order valence-corrected chi connectivity index (χ3v) is 6.46. The molecule has 0 radical (unpaired) electrons. The molecule has 0 unspecified atom stereocenters. The van der Waals surface area contributed by atoms with E-state index in [1.807, 2.05) is 29.8 Å². The molecule has 1 aromatic heterocycles. The Hall–Kier alpha value is -1.97. The number of amides is 1. The first-order valence-corrected chi connectivity index (χ1v) is 9.54. The molecule has 3 rings (SSSR count). The van der Waals surface area contributed by atoms with Gasteiger partial charge in [0, 0.05) is 47.3 Å². The Morgan fingerprint density at radius 2 is 1.88 bits per heavy atom. The van der Waals surface area contributed by atoms with Crippen LogP contribution in [-0.4, -0.2) is 77.7 Å². The van der Waals surface area contributed by atoms with E-state index in [4.69, 9.17) is 0 Å². The van der Waals surface area contributed by atoms with Gasteiger partial charge >= 0.3 is 0 Å². The molecule has 1 fully saturated rings. The molecule has 1 amide bonds. The average Bonchev–Trinajstić information content (AvgIpc) is 2.95. The number of nitrogens with zero attached hydrogens (tertiary/aromatic N) is 5. The Kier molecular flexibility index (Phi) is 4.81. The molecule has 136 valence electrons. The van der Waals surface area contributed by atoms with Gasteiger partial charge in [0.25, 0.3) is 10.2 Å². The Morgan fingerprint density at radius 3 is 2.52 bits per heavy atom. The molecule has 0 atom stereocenters. The number of piperazine rings is 1. The minimum absolute atomic E-state index is 0.0113. The molecular weight excluding hydrogens is 342 g/mol. The van der Waals surface area contributed by atoms with Crippen molar-refractivity contribution in [1.29, 1.82) is 0 Å². The van der Waals surface area contributed by atoms with Crippen LogP contribution in [0, 0.1) is 0 Å². The van der Waals surface area contributed by atoms with Gasteiger partial charge < -0.3 is 9.47 Å². The minimum atomic E-state index is -3.41. The predicted octanol–water partition coefficient (Wildman–Crippen LogP) is 0.0664. The van der Waals surface area contributed by atoms with E-state index in [1.165, 1.54) is 22.7 Å². The standard InChI is InChI=1S/C16H23N5O3S/c1-18(2)25(23,24)21-8-6-20(7-9-21)16(22)11-13-4-5-15-14(10-13)17-12-19(15)3/h4-5,10,12H,6-9,11H2,1-3H3. The summed E-state index contributed by atoms with van der Waals surface area (Å²) in [6.07, 6.45) is 2.05. The summed E-state index contributed by atoms with van der Waals surface area (Å²) in [4.78, 5) is 18.6. The topological polar surface area (TPSA) is 78.8 Å². The van der Waals surface area contributed by atoms with E-state index in [9.17, 15) is 13.2 Å². The summed E-state index contributed by atoms with van der Waals surface area (Å²) in [6, 6.07) is 5.83. The van der Waals surface area contributed by atoms with Crippen molar-refractivity contribution in [3.63, 3.8) is 0 Å². The van der Waals surface area contributed by atoms with Gasteiger partial charge in [-0.15, -0.1) is 0 Å². The Morgan fingerprint density at radius 1 is 1.20 bits per heavy atom. The zero-order chi connectivity index (χ0) is 18.2. The molecule has 1 aliphatic rings. The fraction of sp³-hybridized carbons (Fsp3) is 0.500. The van der Waals surface area contributed by atoms with Crippen molar-refractivity contribution < 1.29 is 13.2 Å². The van der Waals surface area contributed by atoms with Gasteiger partial charge in [-0.1, -0.05) is 6.07 Å². The van der Waals surface area contributed by atoms with Crippen LogP contribution in [0.5, 0.6) is 0 Å². The number of benzene rings is 1. The van der Waals surface area contributed by atoms with Crippen LogP contribution in [0.2, 0.25) is 0 Å². The molecule has 0 bridgehead atoms. The van der Waals surface area contributed by atoms with E-state index in [0.29, 0.717) is 32.6 Å². The lowest BCUT2D eigenvalue weighted by molar-refractivity contribution is -0.131. The Balaban J connectivity index is 1.62. The molecule has 0 saturated carbocycles. The zero-order valence-corrected chi connectivity index (χ0v) is 15.5. The first kappa shape index (κ1) is 17.8. The maximum Gasteiger partial charge on any atom is 0.281 e. The highest BCUT2D eigenvalue weighted by Crippen LogP contribution is 2.16.